The molecular weight excluding hydrogens is 488 g/mol. The Balaban J connectivity index is 1.80. The van der Waals surface area contributed by atoms with Crippen LogP contribution >= 0.6 is 11.8 Å². The zero-order valence-corrected chi connectivity index (χ0v) is 19.7. The summed E-state index contributed by atoms with van der Waals surface area (Å²) in [5.41, 5.74) is 4.89. The number of β-lactam (4-membered cyclic amide) rings is 1. The number of nitrogens with zero attached hydrogens (tertiary/aromatic N) is 2. The van der Waals surface area contributed by atoms with Gasteiger partial charge in [-0.25, -0.2) is 9.59 Å². The van der Waals surface area contributed by atoms with Gasteiger partial charge in [0.1, 0.15) is 30.8 Å². The van der Waals surface area contributed by atoms with Gasteiger partial charge in [-0.15, -0.1) is 11.8 Å². The first kappa shape index (κ1) is 25.6. The van der Waals surface area contributed by atoms with E-state index in [1.54, 1.807) is 6.07 Å². The maximum Gasteiger partial charge on any atom is 0.404 e. The summed E-state index contributed by atoms with van der Waals surface area (Å²) < 4.78 is 19.9. The fourth-order valence-electron chi connectivity index (χ4n) is 3.32. The first-order valence-electron chi connectivity index (χ1n) is 10.1. The van der Waals surface area contributed by atoms with Crippen molar-refractivity contribution in [2.45, 2.75) is 31.6 Å². The molecule has 2 aliphatic rings. The van der Waals surface area contributed by atoms with Crippen LogP contribution in [-0.4, -0.2) is 77.6 Å². The number of rotatable bonds is 9. The molecule has 188 valence electrons. The summed E-state index contributed by atoms with van der Waals surface area (Å²) in [5.74, 6) is -2.75. The van der Waals surface area contributed by atoms with Gasteiger partial charge >= 0.3 is 18.0 Å². The van der Waals surface area contributed by atoms with Crippen LogP contribution in [-0.2, 0) is 38.2 Å². The number of oxime groups is 1. The van der Waals surface area contributed by atoms with Crippen molar-refractivity contribution in [1.29, 1.82) is 0 Å². The molecule has 3 rings (SSSR count). The molecule has 3 atom stereocenters. The van der Waals surface area contributed by atoms with Crippen LogP contribution in [0.4, 0.5) is 4.79 Å². The van der Waals surface area contributed by atoms with Gasteiger partial charge in [0.15, 0.2) is 5.76 Å². The minimum Gasteiger partial charge on any atom is -0.462 e. The highest BCUT2D eigenvalue weighted by atomic mass is 32.2. The number of esters is 2. The van der Waals surface area contributed by atoms with E-state index in [9.17, 15) is 24.0 Å². The number of hydrogen-bond acceptors (Lipinski definition) is 12. The average molecular weight is 510 g/mol. The van der Waals surface area contributed by atoms with E-state index >= 15 is 0 Å². The van der Waals surface area contributed by atoms with Crippen LogP contribution < -0.4 is 11.1 Å². The van der Waals surface area contributed by atoms with Crippen LogP contribution in [0.2, 0.25) is 0 Å². The fourth-order valence-corrected chi connectivity index (χ4v) is 4.65. The molecule has 0 aliphatic carbocycles. The van der Waals surface area contributed by atoms with Gasteiger partial charge in [0.25, 0.3) is 11.8 Å². The van der Waals surface area contributed by atoms with Crippen LogP contribution in [0.3, 0.4) is 0 Å². The number of furan rings is 1. The number of fused-ring (bicyclic) bond motifs is 1. The standard InChI is InChI=1S/C20H22N4O10S/c1-9(25)33-10(2)34-19(28)15-11(7-32-20(21)29)8-35-18-14(17(27)24(15)18)22-16(26)13(23-30-3)12-5-4-6-31-12/h4-6,10,14,18H,7-8H2,1-3H3,(H2,21,29)(H,22,26)/b23-13+/t10?,14-,18+/m1/s1. The molecule has 2 aliphatic heterocycles. The van der Waals surface area contributed by atoms with Crippen molar-refractivity contribution in [3.63, 3.8) is 0 Å². The number of thioether (sulfide) groups is 1. The Labute approximate surface area is 202 Å². The molecule has 0 saturated carbocycles. The molecule has 15 heteroatoms. The van der Waals surface area contributed by atoms with Crippen molar-refractivity contribution in [3.8, 4) is 0 Å². The highest BCUT2D eigenvalue weighted by Crippen LogP contribution is 2.41. The molecular formula is C20H22N4O10S. The molecule has 35 heavy (non-hydrogen) atoms. The summed E-state index contributed by atoms with van der Waals surface area (Å²) in [7, 11) is 1.25. The first-order chi connectivity index (χ1) is 16.6. The lowest BCUT2D eigenvalue weighted by molar-refractivity contribution is -0.182. The second-order valence-electron chi connectivity index (χ2n) is 7.10. The Morgan fingerprint density at radius 2 is 2.09 bits per heavy atom. The molecule has 0 spiro atoms. The van der Waals surface area contributed by atoms with Crippen molar-refractivity contribution < 1.29 is 47.4 Å². The maximum atomic E-state index is 13.0. The van der Waals surface area contributed by atoms with Crippen LogP contribution in [0.15, 0.2) is 39.2 Å². The average Bonchev–Trinajstić information content (AvgIpc) is 3.32. The van der Waals surface area contributed by atoms with Gasteiger partial charge in [0, 0.05) is 25.2 Å². The van der Waals surface area contributed by atoms with Crippen LogP contribution in [0.5, 0.6) is 0 Å². The molecule has 3 heterocycles. The summed E-state index contributed by atoms with van der Waals surface area (Å²) in [4.78, 5) is 66.7. The molecule has 1 aromatic heterocycles. The zero-order chi connectivity index (χ0) is 25.7. The minimum absolute atomic E-state index is 0.124. The van der Waals surface area contributed by atoms with Crippen LogP contribution in [0.1, 0.15) is 19.6 Å². The molecule has 1 saturated heterocycles. The number of nitrogens with one attached hydrogen (secondary N) is 1. The Bertz CT molecular complexity index is 1080. The summed E-state index contributed by atoms with van der Waals surface area (Å²) >= 11 is 1.21. The Morgan fingerprint density at radius 3 is 2.69 bits per heavy atom. The third kappa shape index (κ3) is 5.74. The molecule has 3 amide bonds. The van der Waals surface area contributed by atoms with E-state index in [1.165, 1.54) is 38.1 Å². The smallest absolute Gasteiger partial charge is 0.404 e. The summed E-state index contributed by atoms with van der Waals surface area (Å²) in [6, 6.07) is 2.03. The van der Waals surface area contributed by atoms with Crippen molar-refractivity contribution in [1.82, 2.24) is 10.2 Å². The largest absolute Gasteiger partial charge is 0.462 e. The predicted octanol–water partition coefficient (Wildman–Crippen LogP) is -0.168. The molecule has 3 N–H and O–H groups in total. The highest BCUT2D eigenvalue weighted by Gasteiger charge is 2.55. The van der Waals surface area contributed by atoms with Gasteiger partial charge < -0.3 is 34.5 Å². The SMILES string of the molecule is CO/N=C(/C(=O)N[C@@H]1C(=O)N2C(C(=O)OC(C)OC(C)=O)=C(COC(N)=O)CS[C@@H]12)c1ccco1. The summed E-state index contributed by atoms with van der Waals surface area (Å²) in [5, 5.41) is 5.53. The normalized spacial score (nSPS) is 20.3. The Morgan fingerprint density at radius 1 is 1.34 bits per heavy atom. The van der Waals surface area contributed by atoms with Crippen molar-refractivity contribution in [2.24, 2.45) is 10.9 Å². The molecule has 1 fully saturated rings. The summed E-state index contributed by atoms with van der Waals surface area (Å²) in [6.45, 7) is 2.09. The Kier molecular flexibility index (Phi) is 8.01. The molecule has 0 aromatic carbocycles. The highest BCUT2D eigenvalue weighted by molar-refractivity contribution is 8.00. The lowest BCUT2D eigenvalue weighted by Gasteiger charge is -2.49. The van der Waals surface area contributed by atoms with Gasteiger partial charge in [-0.05, 0) is 12.1 Å². The minimum atomic E-state index is -1.24. The second kappa shape index (κ2) is 10.9. The van der Waals surface area contributed by atoms with E-state index in [0.29, 0.717) is 0 Å². The van der Waals surface area contributed by atoms with E-state index in [0.717, 1.165) is 11.8 Å². The number of carbonyl (C=O) groups excluding carboxylic acids is 5. The molecule has 0 radical (unpaired) electrons. The number of carbonyl (C=O) groups is 5. The van der Waals surface area contributed by atoms with Crippen molar-refractivity contribution >= 4 is 47.3 Å². The third-order valence-corrected chi connectivity index (χ3v) is 6.01. The van der Waals surface area contributed by atoms with E-state index in [1.807, 2.05) is 0 Å². The molecule has 1 unspecified atom stereocenters. The number of nitrogens with two attached hydrogens (primary N) is 1. The predicted molar refractivity (Wildman–Crippen MR) is 117 cm³/mol. The third-order valence-electron chi connectivity index (χ3n) is 4.67. The van der Waals surface area contributed by atoms with E-state index < -0.39 is 47.6 Å². The fraction of sp³-hybridized carbons (Fsp3) is 0.400. The molecule has 1 aromatic rings. The maximum absolute atomic E-state index is 13.0. The van der Waals surface area contributed by atoms with Gasteiger partial charge in [0.2, 0.25) is 12.0 Å². The van der Waals surface area contributed by atoms with Crippen molar-refractivity contribution in [2.75, 3.05) is 19.5 Å². The molecule has 14 nitrogen and oxygen atoms in total. The zero-order valence-electron chi connectivity index (χ0n) is 18.8. The number of primary amides is 1. The Hall–Kier alpha value is -4.01. The lowest BCUT2D eigenvalue weighted by atomic mass is 10.0. The summed E-state index contributed by atoms with van der Waals surface area (Å²) in [6.07, 6.45) is -0.976. The topological polar surface area (TPSA) is 189 Å². The van der Waals surface area contributed by atoms with E-state index in [-0.39, 0.29) is 35.1 Å². The van der Waals surface area contributed by atoms with E-state index in [4.69, 9.17) is 29.2 Å². The van der Waals surface area contributed by atoms with Crippen LogP contribution in [0.25, 0.3) is 0 Å². The van der Waals surface area contributed by atoms with E-state index in [2.05, 4.69) is 10.5 Å². The van der Waals surface area contributed by atoms with Gasteiger partial charge in [-0.2, -0.15) is 0 Å². The quantitative estimate of drug-likeness (QED) is 0.147. The van der Waals surface area contributed by atoms with Gasteiger partial charge in [-0.1, -0.05) is 5.16 Å². The van der Waals surface area contributed by atoms with Gasteiger partial charge in [0.05, 0.1) is 6.26 Å². The van der Waals surface area contributed by atoms with Crippen LogP contribution in [0, 0.1) is 0 Å². The lowest BCUT2D eigenvalue weighted by Crippen LogP contribution is -2.71. The van der Waals surface area contributed by atoms with Gasteiger partial charge in [-0.3, -0.25) is 19.3 Å². The van der Waals surface area contributed by atoms with Crippen molar-refractivity contribution in [3.05, 3.63) is 35.4 Å². The number of amides is 3. The molecule has 0 bridgehead atoms. The monoisotopic (exact) mass is 510 g/mol. The second-order valence-corrected chi connectivity index (χ2v) is 8.21. The number of ether oxygens (including phenoxy) is 3. The first-order valence-corrected chi connectivity index (χ1v) is 11.1. The number of hydrogen-bond donors (Lipinski definition) is 2.